The van der Waals surface area contributed by atoms with Crippen molar-refractivity contribution in [1.29, 1.82) is 10.5 Å². The van der Waals surface area contributed by atoms with Gasteiger partial charge in [-0.1, -0.05) is 6.58 Å². The molecule has 0 spiro atoms. The second-order valence-corrected chi connectivity index (χ2v) is 6.57. The predicted molar refractivity (Wildman–Crippen MR) is 108 cm³/mol. The number of hydrogen-bond donors (Lipinski definition) is 1. The average molecular weight is 392 g/mol. The Morgan fingerprint density at radius 1 is 1.29 bits per heavy atom. The van der Waals surface area contributed by atoms with Crippen LogP contribution in [0.2, 0.25) is 0 Å². The third kappa shape index (κ3) is 4.67. The fourth-order valence-corrected chi connectivity index (χ4v) is 2.92. The highest BCUT2D eigenvalue weighted by molar-refractivity contribution is 7.16. The van der Waals surface area contributed by atoms with Crippen LogP contribution in [0.3, 0.4) is 0 Å². The number of methoxy groups -OCH3 is 1. The molecule has 1 amide bonds. The van der Waals surface area contributed by atoms with Crippen LogP contribution in [-0.2, 0) is 9.53 Å². The van der Waals surface area contributed by atoms with Crippen molar-refractivity contribution in [1.82, 2.24) is 0 Å². The van der Waals surface area contributed by atoms with E-state index in [4.69, 9.17) is 10.00 Å². The number of carbonyl (C=O) groups excluding carboxylic acids is 1. The minimum Gasteiger partial charge on any atom is -0.486 e. The van der Waals surface area contributed by atoms with Crippen molar-refractivity contribution in [2.75, 3.05) is 12.4 Å². The number of benzene rings is 1. The summed E-state index contributed by atoms with van der Waals surface area (Å²) in [6.07, 6.45) is 1.22. The van der Waals surface area contributed by atoms with E-state index in [-0.39, 0.29) is 5.91 Å². The van der Waals surface area contributed by atoms with E-state index >= 15 is 0 Å². The number of carbonyl (C=O) groups is 1. The van der Waals surface area contributed by atoms with Crippen molar-refractivity contribution in [2.45, 2.75) is 13.8 Å². The smallest absolute Gasteiger partial charge is 0.250 e. The third-order valence-electron chi connectivity index (χ3n) is 3.51. The fraction of sp³-hybridized carbons (Fsp3) is 0.158. The van der Waals surface area contributed by atoms with Gasteiger partial charge in [-0.25, -0.2) is 4.99 Å². The number of nitriles is 2. The van der Waals surface area contributed by atoms with Crippen LogP contribution in [0.4, 0.5) is 22.1 Å². The average Bonchev–Trinajstić information content (AvgIpc) is 2.99. The highest BCUT2D eigenvalue weighted by Gasteiger charge is 2.14. The second kappa shape index (κ2) is 9.21. The first-order valence-corrected chi connectivity index (χ1v) is 8.74. The Hall–Kier alpha value is -3.82. The number of anilines is 1. The van der Waals surface area contributed by atoms with Gasteiger partial charge in [0.1, 0.15) is 22.7 Å². The van der Waals surface area contributed by atoms with Gasteiger partial charge in [0, 0.05) is 11.3 Å². The standard InChI is InChI=1S/C19H16N6O2S/c1-11(2)18(26)23-13-5-6-15(16(7-13)22-10-27-4)24-25-19-14(8-20)12(3)17(9-21)28-19/h5-7,10H,1H2,2-4H3,(H,23,26)/b22-10?,25-24+. The Morgan fingerprint density at radius 3 is 2.64 bits per heavy atom. The zero-order chi connectivity index (χ0) is 20.7. The van der Waals surface area contributed by atoms with Gasteiger partial charge in [-0.15, -0.1) is 21.6 Å². The van der Waals surface area contributed by atoms with E-state index < -0.39 is 0 Å². The minimum atomic E-state index is -0.312. The fourth-order valence-electron chi connectivity index (χ4n) is 2.04. The van der Waals surface area contributed by atoms with Crippen LogP contribution in [0, 0.1) is 29.6 Å². The van der Waals surface area contributed by atoms with Crippen molar-refractivity contribution in [3.8, 4) is 12.1 Å². The molecular weight excluding hydrogens is 376 g/mol. The van der Waals surface area contributed by atoms with Crippen LogP contribution in [0.1, 0.15) is 22.9 Å². The van der Waals surface area contributed by atoms with Crippen LogP contribution >= 0.6 is 11.3 Å². The maximum Gasteiger partial charge on any atom is 0.250 e. The molecule has 0 radical (unpaired) electrons. The topological polar surface area (TPSA) is 123 Å². The monoisotopic (exact) mass is 392 g/mol. The van der Waals surface area contributed by atoms with E-state index in [1.54, 1.807) is 32.0 Å². The number of amides is 1. The quantitative estimate of drug-likeness (QED) is 0.320. The van der Waals surface area contributed by atoms with E-state index in [2.05, 4.69) is 27.1 Å². The zero-order valence-electron chi connectivity index (χ0n) is 15.5. The molecule has 0 saturated heterocycles. The third-order valence-corrected chi connectivity index (χ3v) is 4.59. The summed E-state index contributed by atoms with van der Waals surface area (Å²) in [5.41, 5.74) is 2.58. The summed E-state index contributed by atoms with van der Waals surface area (Å²) in [5, 5.41) is 29.7. The molecule has 0 aliphatic carbocycles. The summed E-state index contributed by atoms with van der Waals surface area (Å²) in [7, 11) is 1.45. The Balaban J connectivity index is 2.42. The van der Waals surface area contributed by atoms with Gasteiger partial charge >= 0.3 is 0 Å². The van der Waals surface area contributed by atoms with Gasteiger partial charge in [0.2, 0.25) is 0 Å². The molecule has 9 heteroatoms. The number of azo groups is 1. The lowest BCUT2D eigenvalue weighted by atomic mass is 10.2. The van der Waals surface area contributed by atoms with E-state index in [1.165, 1.54) is 13.5 Å². The lowest BCUT2D eigenvalue weighted by molar-refractivity contribution is -0.112. The Morgan fingerprint density at radius 2 is 2.04 bits per heavy atom. The summed E-state index contributed by atoms with van der Waals surface area (Å²) < 4.78 is 4.85. The molecule has 2 aromatic rings. The molecular formula is C19H16N6O2S. The number of nitrogens with zero attached hydrogens (tertiary/aromatic N) is 5. The van der Waals surface area contributed by atoms with Gasteiger partial charge in [0.25, 0.3) is 5.91 Å². The molecule has 1 aromatic heterocycles. The molecule has 1 aromatic carbocycles. The molecule has 1 N–H and O–H groups in total. The summed E-state index contributed by atoms with van der Waals surface area (Å²) >= 11 is 1.09. The first-order chi connectivity index (χ1) is 13.4. The number of nitrogens with one attached hydrogen (secondary N) is 1. The molecule has 8 nitrogen and oxygen atoms in total. The molecule has 0 saturated carbocycles. The summed E-state index contributed by atoms with van der Waals surface area (Å²) in [6.45, 7) is 6.89. The molecule has 28 heavy (non-hydrogen) atoms. The van der Waals surface area contributed by atoms with Gasteiger partial charge in [-0.05, 0) is 37.6 Å². The van der Waals surface area contributed by atoms with Gasteiger partial charge in [0.05, 0.1) is 18.4 Å². The van der Waals surface area contributed by atoms with E-state index in [1.807, 2.05) is 12.1 Å². The molecule has 0 aliphatic rings. The summed E-state index contributed by atoms with van der Waals surface area (Å²) in [6, 6.07) is 8.96. The lowest BCUT2D eigenvalue weighted by Crippen LogP contribution is -2.11. The number of thiophene rings is 1. The van der Waals surface area contributed by atoms with Crippen LogP contribution in [0.25, 0.3) is 0 Å². The second-order valence-electron chi connectivity index (χ2n) is 5.57. The van der Waals surface area contributed by atoms with Gasteiger partial charge in [-0.2, -0.15) is 10.5 Å². The molecule has 0 aliphatic heterocycles. The van der Waals surface area contributed by atoms with Gasteiger partial charge < -0.3 is 10.1 Å². The molecule has 0 atom stereocenters. The van der Waals surface area contributed by atoms with Crippen LogP contribution in [0.15, 0.2) is 45.6 Å². The van der Waals surface area contributed by atoms with Crippen LogP contribution < -0.4 is 5.32 Å². The van der Waals surface area contributed by atoms with Crippen molar-refractivity contribution in [3.05, 3.63) is 46.4 Å². The van der Waals surface area contributed by atoms with Crippen molar-refractivity contribution in [3.63, 3.8) is 0 Å². The van der Waals surface area contributed by atoms with Crippen molar-refractivity contribution >= 4 is 45.7 Å². The molecule has 1 heterocycles. The molecule has 0 fully saturated rings. The Labute approximate surface area is 166 Å². The maximum absolute atomic E-state index is 11.8. The predicted octanol–water partition coefficient (Wildman–Crippen LogP) is 5.04. The zero-order valence-corrected chi connectivity index (χ0v) is 16.3. The number of rotatable bonds is 6. The normalized spacial score (nSPS) is 10.6. The van der Waals surface area contributed by atoms with E-state index in [9.17, 15) is 10.1 Å². The Bertz CT molecular complexity index is 1070. The van der Waals surface area contributed by atoms with Crippen LogP contribution in [0.5, 0.6) is 0 Å². The van der Waals surface area contributed by atoms with Crippen LogP contribution in [-0.4, -0.2) is 19.4 Å². The SMILES string of the molecule is C=C(C)C(=O)Nc1ccc(/N=N/c2sc(C#N)c(C)c2C#N)c(N=COC)c1. The highest BCUT2D eigenvalue weighted by atomic mass is 32.1. The van der Waals surface area contributed by atoms with E-state index in [0.29, 0.717) is 43.6 Å². The van der Waals surface area contributed by atoms with Crippen molar-refractivity contribution < 1.29 is 9.53 Å². The molecule has 0 bridgehead atoms. The maximum atomic E-state index is 11.8. The van der Waals surface area contributed by atoms with Crippen molar-refractivity contribution in [2.24, 2.45) is 15.2 Å². The number of aliphatic imine (C=N–C) groups is 1. The first-order valence-electron chi connectivity index (χ1n) is 7.92. The molecule has 140 valence electrons. The summed E-state index contributed by atoms with van der Waals surface area (Å²) in [5.74, 6) is -0.312. The largest absolute Gasteiger partial charge is 0.486 e. The van der Waals surface area contributed by atoms with Gasteiger partial charge in [-0.3, -0.25) is 4.79 Å². The first kappa shape index (κ1) is 20.5. The molecule has 2 rings (SSSR count). The highest BCUT2D eigenvalue weighted by Crippen LogP contribution is 2.37. The Kier molecular flexibility index (Phi) is 6.74. The van der Waals surface area contributed by atoms with Gasteiger partial charge in [0.15, 0.2) is 11.4 Å². The van der Waals surface area contributed by atoms with E-state index in [0.717, 1.165) is 11.3 Å². The summed E-state index contributed by atoms with van der Waals surface area (Å²) in [4.78, 5) is 16.4. The molecule has 0 unspecified atom stereocenters. The lowest BCUT2D eigenvalue weighted by Gasteiger charge is -2.07. The number of hydrogen-bond acceptors (Lipinski definition) is 8. The number of ether oxygens (including phenoxy) is 1. The minimum absolute atomic E-state index is 0.312.